The monoisotopic (exact) mass is 510 g/mol. The Hall–Kier alpha value is -3.12. The topological polar surface area (TPSA) is 87.5 Å². The number of hydrogen-bond donors (Lipinski definition) is 1. The first-order chi connectivity index (χ1) is 17.0. The molecule has 0 bridgehead atoms. The van der Waals surface area contributed by atoms with Gasteiger partial charge in [0.2, 0.25) is 0 Å². The van der Waals surface area contributed by atoms with Crippen LogP contribution in [-0.4, -0.2) is 43.1 Å². The summed E-state index contributed by atoms with van der Waals surface area (Å²) in [4.78, 5) is 20.2. The Balaban J connectivity index is 1.35. The minimum absolute atomic E-state index is 0.171. The molecule has 4 rings (SSSR count). The van der Waals surface area contributed by atoms with E-state index in [1.165, 1.54) is 11.3 Å². The molecule has 0 saturated carbocycles. The molecule has 9 heteroatoms. The molecule has 1 N–H and O–H groups in total. The highest BCUT2D eigenvalue weighted by molar-refractivity contribution is 7.11. The molecule has 2 heterocycles. The van der Waals surface area contributed by atoms with Crippen LogP contribution in [0.4, 0.5) is 0 Å². The van der Waals surface area contributed by atoms with E-state index in [9.17, 15) is 10.1 Å². The lowest BCUT2D eigenvalue weighted by atomic mass is 9.80. The Labute approximate surface area is 214 Å². The average molecular weight is 511 g/mol. The van der Waals surface area contributed by atoms with E-state index >= 15 is 0 Å². The van der Waals surface area contributed by atoms with Crippen LogP contribution in [0.25, 0.3) is 0 Å². The second-order valence-electron chi connectivity index (χ2n) is 8.48. The van der Waals surface area contributed by atoms with Gasteiger partial charge in [-0.2, -0.15) is 5.26 Å². The molecule has 182 valence electrons. The molecule has 0 aliphatic carbocycles. The molecule has 0 atom stereocenters. The van der Waals surface area contributed by atoms with Crippen LogP contribution in [0.15, 0.2) is 48.7 Å². The van der Waals surface area contributed by atoms with Crippen molar-refractivity contribution in [2.75, 3.05) is 27.3 Å². The first-order valence-corrected chi connectivity index (χ1v) is 12.5. The van der Waals surface area contributed by atoms with Gasteiger partial charge in [-0.05, 0) is 54.8 Å². The fourth-order valence-electron chi connectivity index (χ4n) is 4.18. The maximum atomic E-state index is 12.4. The lowest BCUT2D eigenvalue weighted by molar-refractivity contribution is 0.0951. The molecule has 1 aromatic heterocycles. The van der Waals surface area contributed by atoms with Gasteiger partial charge in [-0.25, -0.2) is 4.98 Å². The van der Waals surface area contributed by atoms with Gasteiger partial charge >= 0.3 is 0 Å². The highest BCUT2D eigenvalue weighted by atomic mass is 35.5. The van der Waals surface area contributed by atoms with Crippen molar-refractivity contribution in [1.29, 1.82) is 5.26 Å². The van der Waals surface area contributed by atoms with Gasteiger partial charge in [0.05, 0.1) is 26.8 Å². The number of halogens is 1. The summed E-state index contributed by atoms with van der Waals surface area (Å²) < 4.78 is 10.7. The van der Waals surface area contributed by atoms with E-state index in [0.717, 1.165) is 35.1 Å². The van der Waals surface area contributed by atoms with Crippen molar-refractivity contribution in [2.24, 2.45) is 0 Å². The highest BCUT2D eigenvalue weighted by Gasteiger charge is 2.39. The van der Waals surface area contributed by atoms with Crippen LogP contribution in [-0.2, 0) is 18.5 Å². The number of carbonyl (C=O) groups excluding carboxylic acids is 1. The van der Waals surface area contributed by atoms with E-state index in [2.05, 4.69) is 21.3 Å². The van der Waals surface area contributed by atoms with E-state index in [0.29, 0.717) is 41.5 Å². The van der Waals surface area contributed by atoms with E-state index < -0.39 is 5.41 Å². The third kappa shape index (κ3) is 5.76. The number of ether oxygens (including phenoxy) is 2. The van der Waals surface area contributed by atoms with E-state index in [1.807, 2.05) is 18.2 Å². The first kappa shape index (κ1) is 25.0. The molecule has 0 radical (unpaired) electrons. The van der Waals surface area contributed by atoms with Crippen molar-refractivity contribution in [3.8, 4) is 17.6 Å². The molecular formula is C26H27ClN4O3S. The maximum absolute atomic E-state index is 12.4. The third-order valence-corrected chi connectivity index (χ3v) is 7.72. The fourth-order valence-corrected chi connectivity index (χ4v) is 5.36. The number of methoxy groups -OCH3 is 2. The molecular weight excluding hydrogens is 484 g/mol. The number of hydrogen-bond acceptors (Lipinski definition) is 7. The first-order valence-electron chi connectivity index (χ1n) is 11.3. The number of nitrogens with zero attached hydrogens (tertiary/aromatic N) is 3. The van der Waals surface area contributed by atoms with Crippen molar-refractivity contribution in [3.63, 3.8) is 0 Å². The smallest absolute Gasteiger partial charge is 0.251 e. The predicted octanol–water partition coefficient (Wildman–Crippen LogP) is 4.80. The number of thiazole rings is 1. The molecule has 1 aliphatic heterocycles. The van der Waals surface area contributed by atoms with Gasteiger partial charge in [0, 0.05) is 41.3 Å². The molecule has 0 spiro atoms. The molecule has 2 aromatic carbocycles. The number of carbonyl (C=O) groups is 1. The van der Waals surface area contributed by atoms with Crippen LogP contribution >= 0.6 is 22.9 Å². The Morgan fingerprint density at radius 3 is 2.54 bits per heavy atom. The number of nitriles is 1. The summed E-state index contributed by atoms with van der Waals surface area (Å²) in [6, 6.07) is 15.3. The maximum Gasteiger partial charge on any atom is 0.251 e. The summed E-state index contributed by atoms with van der Waals surface area (Å²) in [6.07, 6.45) is 3.18. The summed E-state index contributed by atoms with van der Waals surface area (Å²) in [5, 5.41) is 14.4. The number of likely N-dealkylation sites (tertiary alicyclic amines) is 1. The fraction of sp³-hybridized carbons (Fsp3) is 0.346. The summed E-state index contributed by atoms with van der Waals surface area (Å²) in [7, 11) is 3.26. The third-order valence-electron chi connectivity index (χ3n) is 6.27. The molecule has 0 unspecified atom stereocenters. The van der Waals surface area contributed by atoms with Crippen molar-refractivity contribution in [3.05, 3.63) is 74.7 Å². The van der Waals surface area contributed by atoms with Crippen LogP contribution in [0.1, 0.15) is 38.6 Å². The van der Waals surface area contributed by atoms with Crippen molar-refractivity contribution in [2.45, 2.75) is 31.3 Å². The zero-order valence-corrected chi connectivity index (χ0v) is 21.3. The second kappa shape index (κ2) is 11.1. The minimum atomic E-state index is -0.600. The molecule has 1 aliphatic rings. The molecule has 3 aromatic rings. The summed E-state index contributed by atoms with van der Waals surface area (Å²) in [5.74, 6) is 1.25. The number of aromatic nitrogens is 1. The Bertz CT molecular complexity index is 1210. The van der Waals surface area contributed by atoms with Gasteiger partial charge in [0.1, 0.15) is 10.4 Å². The second-order valence-corrected chi connectivity index (χ2v) is 10.0. The quantitative estimate of drug-likeness (QED) is 0.468. The lowest BCUT2D eigenvalue weighted by Crippen LogP contribution is -2.41. The van der Waals surface area contributed by atoms with Crippen molar-refractivity contribution in [1.82, 2.24) is 15.2 Å². The Kier molecular flexibility index (Phi) is 7.91. The van der Waals surface area contributed by atoms with E-state index in [4.69, 9.17) is 21.1 Å². The average Bonchev–Trinajstić information content (AvgIpc) is 3.38. The zero-order valence-electron chi connectivity index (χ0n) is 19.7. The van der Waals surface area contributed by atoms with Crippen molar-refractivity contribution < 1.29 is 14.3 Å². The highest BCUT2D eigenvalue weighted by Crippen LogP contribution is 2.38. The predicted molar refractivity (Wildman–Crippen MR) is 136 cm³/mol. The molecule has 7 nitrogen and oxygen atoms in total. The van der Waals surface area contributed by atoms with Gasteiger partial charge in [0.25, 0.3) is 5.91 Å². The van der Waals surface area contributed by atoms with Crippen LogP contribution in [0.3, 0.4) is 0 Å². The van der Waals surface area contributed by atoms with Crippen molar-refractivity contribution >= 4 is 28.8 Å². The lowest BCUT2D eigenvalue weighted by Gasteiger charge is -2.36. The normalized spacial score (nSPS) is 15.3. The number of piperidine rings is 1. The van der Waals surface area contributed by atoms with E-state index in [1.54, 1.807) is 44.7 Å². The van der Waals surface area contributed by atoms with E-state index in [-0.39, 0.29) is 5.91 Å². The summed E-state index contributed by atoms with van der Waals surface area (Å²) >= 11 is 7.39. The van der Waals surface area contributed by atoms with Gasteiger partial charge in [0.15, 0.2) is 11.5 Å². The van der Waals surface area contributed by atoms with Gasteiger partial charge in [-0.3, -0.25) is 9.69 Å². The summed E-state index contributed by atoms with van der Waals surface area (Å²) in [6.45, 7) is 2.74. The number of benzene rings is 2. The van der Waals surface area contributed by atoms with Crippen LogP contribution in [0.5, 0.6) is 11.5 Å². The SMILES string of the molecule is COc1ccc(CN2CCC(C#N)(c3ncc(CNC(=O)c4ccc(Cl)cc4)s3)CC2)cc1OC. The van der Waals surface area contributed by atoms with Crippen LogP contribution in [0.2, 0.25) is 5.02 Å². The molecule has 35 heavy (non-hydrogen) atoms. The number of rotatable bonds is 8. The molecule has 1 amide bonds. The largest absolute Gasteiger partial charge is 0.493 e. The number of nitrogens with one attached hydrogen (secondary N) is 1. The minimum Gasteiger partial charge on any atom is -0.493 e. The standard InChI is InChI=1S/C26H27ClN4O3S/c1-33-22-8-3-18(13-23(22)34-2)16-31-11-9-26(17-28,10-12-31)25-30-15-21(35-25)14-29-24(32)19-4-6-20(27)7-5-19/h3-8,13,15H,9-12,14,16H2,1-2H3,(H,29,32). The van der Waals surface area contributed by atoms with Gasteiger partial charge < -0.3 is 14.8 Å². The Morgan fingerprint density at radius 2 is 1.89 bits per heavy atom. The Morgan fingerprint density at radius 1 is 1.17 bits per heavy atom. The summed E-state index contributed by atoms with van der Waals surface area (Å²) in [5.41, 5.74) is 1.09. The molecule has 1 saturated heterocycles. The van der Waals surface area contributed by atoms with Crippen LogP contribution < -0.4 is 14.8 Å². The number of amides is 1. The van der Waals surface area contributed by atoms with Crippen LogP contribution in [0, 0.1) is 11.3 Å². The zero-order chi connectivity index (χ0) is 24.8. The van der Waals surface area contributed by atoms with Gasteiger partial charge in [-0.1, -0.05) is 17.7 Å². The molecule has 1 fully saturated rings. The van der Waals surface area contributed by atoms with Gasteiger partial charge in [-0.15, -0.1) is 11.3 Å².